The fourth-order valence-electron chi connectivity index (χ4n) is 3.76. The highest BCUT2D eigenvalue weighted by Crippen LogP contribution is 2.38. The number of hydrogen-bond acceptors (Lipinski definition) is 4. The van der Waals surface area contributed by atoms with E-state index in [1.165, 1.54) is 11.8 Å². The maximum Gasteiger partial charge on any atom is 0.338 e. The van der Waals surface area contributed by atoms with Gasteiger partial charge in [-0.2, -0.15) is 5.10 Å². The normalized spacial score (nSPS) is 20.6. The van der Waals surface area contributed by atoms with Crippen molar-refractivity contribution in [1.82, 2.24) is 14.7 Å². The van der Waals surface area contributed by atoms with Crippen LogP contribution in [0.2, 0.25) is 0 Å². The minimum absolute atomic E-state index is 0.0974. The summed E-state index contributed by atoms with van der Waals surface area (Å²) in [6.07, 6.45) is 5.59. The van der Waals surface area contributed by atoms with E-state index in [-0.39, 0.29) is 22.8 Å². The zero-order chi connectivity index (χ0) is 18.1. The molecule has 0 spiro atoms. The van der Waals surface area contributed by atoms with Crippen LogP contribution in [0, 0.1) is 0 Å². The topological polar surface area (TPSA) is 75.4 Å². The molecular formula is C19H21N3O3S. The van der Waals surface area contributed by atoms with Gasteiger partial charge in [0.15, 0.2) is 0 Å². The lowest BCUT2D eigenvalue weighted by Crippen LogP contribution is -2.41. The van der Waals surface area contributed by atoms with E-state index in [1.54, 1.807) is 22.6 Å². The molecule has 1 atom stereocenters. The molecular weight excluding hydrogens is 350 g/mol. The van der Waals surface area contributed by atoms with E-state index in [2.05, 4.69) is 17.2 Å². The second-order valence-electron chi connectivity index (χ2n) is 6.77. The number of carbonyl (C=O) groups is 2. The average molecular weight is 371 g/mol. The van der Waals surface area contributed by atoms with Gasteiger partial charge < -0.3 is 10.0 Å². The van der Waals surface area contributed by atoms with Gasteiger partial charge in [0.1, 0.15) is 5.25 Å². The Balaban J connectivity index is 1.42. The Morgan fingerprint density at radius 1 is 1.19 bits per heavy atom. The number of rotatable bonds is 3. The number of hydrogen-bond donors (Lipinski definition) is 1. The summed E-state index contributed by atoms with van der Waals surface area (Å²) in [5.74, 6) is 0.221. The van der Waals surface area contributed by atoms with E-state index in [4.69, 9.17) is 5.11 Å². The zero-order valence-corrected chi connectivity index (χ0v) is 15.2. The third-order valence-corrected chi connectivity index (χ3v) is 6.45. The van der Waals surface area contributed by atoms with Crippen molar-refractivity contribution in [3.8, 4) is 0 Å². The molecule has 0 bridgehead atoms. The number of aryl methyl sites for hydroxylation is 1. The maximum absolute atomic E-state index is 13.1. The summed E-state index contributed by atoms with van der Waals surface area (Å²) in [5, 5.41) is 13.1. The Bertz CT molecular complexity index is 827. The highest BCUT2D eigenvalue weighted by molar-refractivity contribution is 8.00. The number of thioether (sulfide) groups is 1. The fourth-order valence-corrected chi connectivity index (χ4v) is 5.04. The molecule has 1 aromatic heterocycles. The Labute approximate surface area is 156 Å². The Hall–Kier alpha value is -2.28. The van der Waals surface area contributed by atoms with Gasteiger partial charge in [-0.3, -0.25) is 9.48 Å². The predicted octanol–water partition coefficient (Wildman–Crippen LogP) is 2.78. The molecule has 3 heterocycles. The minimum Gasteiger partial charge on any atom is -0.478 e. The predicted molar refractivity (Wildman–Crippen MR) is 99.4 cm³/mol. The summed E-state index contributed by atoms with van der Waals surface area (Å²) in [5.41, 5.74) is 2.66. The van der Waals surface area contributed by atoms with E-state index in [1.807, 2.05) is 17.0 Å². The second kappa shape index (κ2) is 7.15. The van der Waals surface area contributed by atoms with Crippen LogP contribution >= 0.6 is 11.8 Å². The molecule has 1 amide bonds. The zero-order valence-electron chi connectivity index (χ0n) is 14.4. The number of likely N-dealkylation sites (tertiary alicyclic amines) is 1. The first kappa shape index (κ1) is 17.1. The minimum atomic E-state index is -0.961. The van der Waals surface area contributed by atoms with Gasteiger partial charge >= 0.3 is 5.97 Å². The summed E-state index contributed by atoms with van der Waals surface area (Å²) in [4.78, 5) is 26.0. The molecule has 7 heteroatoms. The van der Waals surface area contributed by atoms with Gasteiger partial charge in [0.25, 0.3) is 0 Å². The maximum atomic E-state index is 13.1. The van der Waals surface area contributed by atoms with Gasteiger partial charge in [-0.1, -0.05) is 24.3 Å². The molecule has 1 fully saturated rings. The van der Waals surface area contributed by atoms with Crippen LogP contribution in [0.1, 0.15) is 45.6 Å². The first-order valence-electron chi connectivity index (χ1n) is 8.89. The number of aromatic carboxylic acids is 1. The van der Waals surface area contributed by atoms with E-state index >= 15 is 0 Å². The van der Waals surface area contributed by atoms with E-state index in [0.29, 0.717) is 13.1 Å². The summed E-state index contributed by atoms with van der Waals surface area (Å²) < 4.78 is 1.73. The molecule has 136 valence electrons. The highest BCUT2D eigenvalue weighted by Gasteiger charge is 2.33. The third-order valence-electron chi connectivity index (χ3n) is 5.22. The first-order chi connectivity index (χ1) is 12.6. The van der Waals surface area contributed by atoms with Crippen LogP contribution in [-0.2, 0) is 11.2 Å². The number of carboxylic acids is 1. The van der Waals surface area contributed by atoms with Crippen LogP contribution in [0.25, 0.3) is 0 Å². The van der Waals surface area contributed by atoms with Gasteiger partial charge in [0, 0.05) is 19.3 Å². The number of nitrogens with zero attached hydrogens (tertiary/aromatic N) is 3. The van der Waals surface area contributed by atoms with Crippen molar-refractivity contribution in [1.29, 1.82) is 0 Å². The lowest BCUT2D eigenvalue weighted by Gasteiger charge is -2.35. The van der Waals surface area contributed by atoms with Crippen LogP contribution in [0.4, 0.5) is 0 Å². The van der Waals surface area contributed by atoms with Crippen molar-refractivity contribution >= 4 is 23.6 Å². The molecule has 1 N–H and O–H groups in total. The SMILES string of the molecule is O=C(O)c1cnn(C2CCN(C(=O)C3SCCc4ccccc43)CC2)c1. The van der Waals surface area contributed by atoms with Crippen molar-refractivity contribution in [2.75, 3.05) is 18.8 Å². The number of benzene rings is 1. The van der Waals surface area contributed by atoms with Gasteiger partial charge in [-0.15, -0.1) is 11.8 Å². The monoisotopic (exact) mass is 371 g/mol. The van der Waals surface area contributed by atoms with Gasteiger partial charge in [-0.05, 0) is 36.1 Å². The molecule has 2 aromatic rings. The molecule has 1 aromatic carbocycles. The van der Waals surface area contributed by atoms with Crippen LogP contribution in [0.15, 0.2) is 36.7 Å². The molecule has 6 nitrogen and oxygen atoms in total. The number of carbonyl (C=O) groups excluding carboxylic acids is 1. The first-order valence-corrected chi connectivity index (χ1v) is 9.94. The standard InChI is InChI=1S/C19H21N3O3S/c23-18(17-16-4-2-1-3-13(16)7-10-26-17)21-8-5-15(6-9-21)22-12-14(11-20-22)19(24)25/h1-4,11-12,15,17H,5-10H2,(H,24,25). The number of fused-ring (bicyclic) bond motifs is 1. The molecule has 26 heavy (non-hydrogen) atoms. The van der Waals surface area contributed by atoms with E-state index < -0.39 is 5.97 Å². The summed E-state index contributed by atoms with van der Waals surface area (Å²) in [6.45, 7) is 1.37. The lowest BCUT2D eigenvalue weighted by atomic mass is 9.99. The van der Waals surface area contributed by atoms with Crippen molar-refractivity contribution in [2.24, 2.45) is 0 Å². The van der Waals surface area contributed by atoms with Crippen LogP contribution < -0.4 is 0 Å². The van der Waals surface area contributed by atoms with Crippen LogP contribution in [-0.4, -0.2) is 50.5 Å². The van der Waals surface area contributed by atoms with Gasteiger partial charge in [-0.25, -0.2) is 4.79 Å². The largest absolute Gasteiger partial charge is 0.478 e. The number of carboxylic acid groups (broad SMARTS) is 1. The van der Waals surface area contributed by atoms with Gasteiger partial charge in [0.2, 0.25) is 5.91 Å². The van der Waals surface area contributed by atoms with Crippen molar-refractivity contribution in [3.05, 3.63) is 53.3 Å². The van der Waals surface area contributed by atoms with Crippen LogP contribution in [0.3, 0.4) is 0 Å². The van der Waals surface area contributed by atoms with Crippen molar-refractivity contribution < 1.29 is 14.7 Å². The Morgan fingerprint density at radius 2 is 1.96 bits per heavy atom. The smallest absolute Gasteiger partial charge is 0.338 e. The Kier molecular flexibility index (Phi) is 4.72. The molecule has 2 aliphatic heterocycles. The molecule has 0 aliphatic carbocycles. The van der Waals surface area contributed by atoms with E-state index in [0.717, 1.165) is 30.6 Å². The summed E-state index contributed by atoms with van der Waals surface area (Å²) >= 11 is 1.74. The molecule has 1 unspecified atom stereocenters. The lowest BCUT2D eigenvalue weighted by molar-refractivity contribution is -0.132. The molecule has 0 saturated carbocycles. The molecule has 2 aliphatic rings. The number of amides is 1. The fraction of sp³-hybridized carbons (Fsp3) is 0.421. The average Bonchev–Trinajstić information content (AvgIpc) is 3.18. The number of aromatic nitrogens is 2. The number of piperidine rings is 1. The van der Waals surface area contributed by atoms with E-state index in [9.17, 15) is 9.59 Å². The molecule has 0 radical (unpaired) electrons. The third kappa shape index (κ3) is 3.23. The summed E-state index contributed by atoms with van der Waals surface area (Å²) in [7, 11) is 0. The van der Waals surface area contributed by atoms with Crippen molar-refractivity contribution in [2.45, 2.75) is 30.6 Å². The Morgan fingerprint density at radius 3 is 2.69 bits per heavy atom. The molecule has 4 rings (SSSR count). The van der Waals surface area contributed by atoms with Crippen molar-refractivity contribution in [3.63, 3.8) is 0 Å². The second-order valence-corrected chi connectivity index (χ2v) is 7.98. The van der Waals surface area contributed by atoms with Crippen LogP contribution in [0.5, 0.6) is 0 Å². The van der Waals surface area contributed by atoms with Gasteiger partial charge in [0.05, 0.1) is 17.8 Å². The highest BCUT2D eigenvalue weighted by atomic mass is 32.2. The summed E-state index contributed by atoms with van der Waals surface area (Å²) in [6, 6.07) is 8.40. The quantitative estimate of drug-likeness (QED) is 0.898. The molecule has 1 saturated heterocycles.